The molecule has 0 heterocycles. The standard InChI is InChI=1S/C12H18F3NS/c13-12(14,15)17-16-6-2-1-3-10-7-9-4-5-11(10)8-9/h4-5,9-11,16H,1-3,6-8H2. The predicted octanol–water partition coefficient (Wildman–Crippen LogP) is 4.13. The highest BCUT2D eigenvalue weighted by Crippen LogP contribution is 2.45. The topological polar surface area (TPSA) is 12.0 Å². The summed E-state index contributed by atoms with van der Waals surface area (Å²) in [6.07, 6.45) is 10.3. The Morgan fingerprint density at radius 3 is 2.59 bits per heavy atom. The molecule has 0 radical (unpaired) electrons. The Morgan fingerprint density at radius 1 is 1.18 bits per heavy atom. The third-order valence-electron chi connectivity index (χ3n) is 3.71. The first-order chi connectivity index (χ1) is 8.04. The fourth-order valence-electron chi connectivity index (χ4n) is 2.96. The molecule has 0 aromatic carbocycles. The van der Waals surface area contributed by atoms with Crippen molar-refractivity contribution in [2.75, 3.05) is 6.54 Å². The van der Waals surface area contributed by atoms with Crippen LogP contribution in [0.1, 0.15) is 32.1 Å². The van der Waals surface area contributed by atoms with E-state index in [4.69, 9.17) is 0 Å². The van der Waals surface area contributed by atoms with Crippen molar-refractivity contribution in [2.45, 2.75) is 37.6 Å². The molecule has 3 unspecified atom stereocenters. The Labute approximate surface area is 104 Å². The van der Waals surface area contributed by atoms with Gasteiger partial charge in [-0.3, -0.25) is 4.72 Å². The van der Waals surface area contributed by atoms with Crippen molar-refractivity contribution >= 4 is 11.9 Å². The summed E-state index contributed by atoms with van der Waals surface area (Å²) in [5, 5.41) is 0. The van der Waals surface area contributed by atoms with Crippen LogP contribution in [0.2, 0.25) is 0 Å². The molecule has 2 bridgehead atoms. The number of alkyl halides is 3. The van der Waals surface area contributed by atoms with Gasteiger partial charge in [-0.05, 0) is 43.4 Å². The van der Waals surface area contributed by atoms with Crippen LogP contribution in [0.4, 0.5) is 13.2 Å². The molecule has 2 aliphatic carbocycles. The van der Waals surface area contributed by atoms with Gasteiger partial charge in [0.2, 0.25) is 0 Å². The highest BCUT2D eigenvalue weighted by molar-refractivity contribution is 7.98. The van der Waals surface area contributed by atoms with E-state index in [9.17, 15) is 13.2 Å². The molecule has 0 amide bonds. The van der Waals surface area contributed by atoms with Gasteiger partial charge in [0.05, 0.1) is 0 Å². The van der Waals surface area contributed by atoms with Gasteiger partial charge in [-0.15, -0.1) is 0 Å². The average molecular weight is 265 g/mol. The molecule has 0 aromatic rings. The molecular formula is C12H18F3NS. The third kappa shape index (κ3) is 4.21. The molecule has 98 valence electrons. The van der Waals surface area contributed by atoms with E-state index in [1.165, 1.54) is 19.3 Å². The minimum Gasteiger partial charge on any atom is -0.257 e. The summed E-state index contributed by atoms with van der Waals surface area (Å²) in [6, 6.07) is 0. The van der Waals surface area contributed by atoms with E-state index in [0.717, 1.165) is 30.6 Å². The number of rotatable bonds is 6. The van der Waals surface area contributed by atoms with E-state index in [-0.39, 0.29) is 11.9 Å². The van der Waals surface area contributed by atoms with Gasteiger partial charge in [0, 0.05) is 18.5 Å². The Hall–Kier alpha value is -0.160. The predicted molar refractivity (Wildman–Crippen MR) is 64.3 cm³/mol. The fraction of sp³-hybridized carbons (Fsp3) is 0.833. The zero-order valence-electron chi connectivity index (χ0n) is 9.67. The average Bonchev–Trinajstić information content (AvgIpc) is 2.83. The van der Waals surface area contributed by atoms with Crippen molar-refractivity contribution in [3.05, 3.63) is 12.2 Å². The van der Waals surface area contributed by atoms with Crippen LogP contribution in [-0.2, 0) is 0 Å². The lowest BCUT2D eigenvalue weighted by Gasteiger charge is -2.17. The summed E-state index contributed by atoms with van der Waals surface area (Å²) in [5.41, 5.74) is -4.16. The molecule has 0 saturated heterocycles. The van der Waals surface area contributed by atoms with Crippen molar-refractivity contribution < 1.29 is 13.2 Å². The molecule has 1 saturated carbocycles. The Bertz CT molecular complexity index is 277. The van der Waals surface area contributed by atoms with Crippen LogP contribution in [0.3, 0.4) is 0 Å². The number of halogens is 3. The second-order valence-electron chi connectivity index (χ2n) is 4.98. The molecule has 2 aliphatic rings. The van der Waals surface area contributed by atoms with Gasteiger partial charge in [0.1, 0.15) is 0 Å². The maximum Gasteiger partial charge on any atom is 0.456 e. The van der Waals surface area contributed by atoms with E-state index < -0.39 is 5.51 Å². The molecular weight excluding hydrogens is 247 g/mol. The number of allylic oxidation sites excluding steroid dienone is 2. The van der Waals surface area contributed by atoms with Crippen molar-refractivity contribution in [3.63, 3.8) is 0 Å². The maximum absolute atomic E-state index is 11.8. The number of fused-ring (bicyclic) bond motifs is 2. The quantitative estimate of drug-likeness (QED) is 0.440. The van der Waals surface area contributed by atoms with Crippen LogP contribution in [0.15, 0.2) is 12.2 Å². The molecule has 1 nitrogen and oxygen atoms in total. The third-order valence-corrected chi connectivity index (χ3v) is 4.29. The smallest absolute Gasteiger partial charge is 0.257 e. The lowest BCUT2D eigenvalue weighted by molar-refractivity contribution is -0.0335. The molecule has 0 aromatic heterocycles. The SMILES string of the molecule is FC(F)(F)SNCCCCC1CC2C=CC1C2. The minimum atomic E-state index is -4.16. The van der Waals surface area contributed by atoms with Gasteiger partial charge < -0.3 is 0 Å². The molecule has 1 N–H and O–H groups in total. The van der Waals surface area contributed by atoms with Crippen molar-refractivity contribution in [3.8, 4) is 0 Å². The highest BCUT2D eigenvalue weighted by Gasteiger charge is 2.34. The molecule has 2 rings (SSSR count). The maximum atomic E-state index is 11.8. The Morgan fingerprint density at radius 2 is 2.00 bits per heavy atom. The molecule has 0 aliphatic heterocycles. The molecule has 1 fully saturated rings. The van der Waals surface area contributed by atoms with Gasteiger partial charge >= 0.3 is 5.51 Å². The summed E-state index contributed by atoms with van der Waals surface area (Å²) in [6.45, 7) is 0.445. The molecule has 17 heavy (non-hydrogen) atoms. The fourth-order valence-corrected chi connectivity index (χ4v) is 3.37. The zero-order chi connectivity index (χ0) is 12.3. The summed E-state index contributed by atoms with van der Waals surface area (Å²) in [7, 11) is 0. The second-order valence-corrected chi connectivity index (χ2v) is 5.93. The lowest BCUT2D eigenvalue weighted by atomic mass is 9.89. The van der Waals surface area contributed by atoms with Gasteiger partial charge in [0.25, 0.3) is 0 Å². The first-order valence-electron chi connectivity index (χ1n) is 6.20. The Kier molecular flexibility index (Phi) is 4.42. The van der Waals surface area contributed by atoms with Crippen LogP contribution in [0.25, 0.3) is 0 Å². The summed E-state index contributed by atoms with van der Waals surface area (Å²) < 4.78 is 37.8. The van der Waals surface area contributed by atoms with E-state index in [0.29, 0.717) is 6.54 Å². The van der Waals surface area contributed by atoms with Crippen LogP contribution in [-0.4, -0.2) is 12.1 Å². The van der Waals surface area contributed by atoms with Gasteiger partial charge in [-0.2, -0.15) is 13.2 Å². The zero-order valence-corrected chi connectivity index (χ0v) is 10.5. The molecule has 3 atom stereocenters. The number of hydrogen-bond acceptors (Lipinski definition) is 2. The lowest BCUT2D eigenvalue weighted by Crippen LogP contribution is -2.14. The van der Waals surface area contributed by atoms with Gasteiger partial charge in [-0.1, -0.05) is 18.6 Å². The summed E-state index contributed by atoms with van der Waals surface area (Å²) in [4.78, 5) is 0. The van der Waals surface area contributed by atoms with Crippen LogP contribution >= 0.6 is 11.9 Å². The van der Waals surface area contributed by atoms with Crippen LogP contribution < -0.4 is 4.72 Å². The second kappa shape index (κ2) is 5.65. The van der Waals surface area contributed by atoms with Crippen molar-refractivity contribution in [1.29, 1.82) is 0 Å². The van der Waals surface area contributed by atoms with Gasteiger partial charge in [0.15, 0.2) is 0 Å². The van der Waals surface area contributed by atoms with Crippen molar-refractivity contribution in [2.24, 2.45) is 17.8 Å². The first-order valence-corrected chi connectivity index (χ1v) is 7.02. The van der Waals surface area contributed by atoms with E-state index in [2.05, 4.69) is 16.9 Å². The van der Waals surface area contributed by atoms with Crippen LogP contribution in [0.5, 0.6) is 0 Å². The van der Waals surface area contributed by atoms with E-state index in [1.54, 1.807) is 0 Å². The summed E-state index contributed by atoms with van der Waals surface area (Å²) in [5.74, 6) is 2.35. The first kappa shape index (κ1) is 13.3. The molecule has 0 spiro atoms. The summed E-state index contributed by atoms with van der Waals surface area (Å²) >= 11 is -0.133. The monoisotopic (exact) mass is 265 g/mol. The number of unbranched alkanes of at least 4 members (excludes halogenated alkanes) is 1. The Balaban J connectivity index is 1.49. The van der Waals surface area contributed by atoms with E-state index in [1.807, 2.05) is 0 Å². The van der Waals surface area contributed by atoms with Crippen LogP contribution in [0, 0.1) is 17.8 Å². The van der Waals surface area contributed by atoms with Crippen molar-refractivity contribution in [1.82, 2.24) is 4.72 Å². The van der Waals surface area contributed by atoms with E-state index >= 15 is 0 Å². The highest BCUT2D eigenvalue weighted by atomic mass is 32.2. The number of nitrogens with one attached hydrogen (secondary N) is 1. The largest absolute Gasteiger partial charge is 0.456 e. The minimum absolute atomic E-state index is 0.133. The van der Waals surface area contributed by atoms with Gasteiger partial charge in [-0.25, -0.2) is 0 Å². The number of hydrogen-bond donors (Lipinski definition) is 1. The normalized spacial score (nSPS) is 31.4. The molecule has 5 heteroatoms.